The highest BCUT2D eigenvalue weighted by Gasteiger charge is 2.27. The molecule has 40 heavy (non-hydrogen) atoms. The maximum absolute atomic E-state index is 14.0. The number of piperazine rings is 1. The fraction of sp³-hybridized carbons (Fsp3) is 0.300. The van der Waals surface area contributed by atoms with Crippen LogP contribution in [-0.4, -0.2) is 66.9 Å². The number of carbonyl (C=O) groups excluding carboxylic acids is 3. The van der Waals surface area contributed by atoms with Gasteiger partial charge in [-0.05, 0) is 73.9 Å². The van der Waals surface area contributed by atoms with Crippen molar-refractivity contribution in [2.24, 2.45) is 0 Å². The number of para-hydroxylation sites is 1. The van der Waals surface area contributed by atoms with Gasteiger partial charge in [0.15, 0.2) is 0 Å². The molecular formula is C30H31ClFN5O3. The number of hydrogen-bond donors (Lipinski definition) is 2. The molecule has 2 saturated heterocycles. The van der Waals surface area contributed by atoms with E-state index in [9.17, 15) is 18.8 Å². The van der Waals surface area contributed by atoms with E-state index >= 15 is 0 Å². The van der Waals surface area contributed by atoms with Crippen molar-refractivity contribution in [2.75, 3.05) is 54.8 Å². The van der Waals surface area contributed by atoms with E-state index in [1.54, 1.807) is 53.4 Å². The standard InChI is InChI=1S/C30H31ClFN5O3/c31-22-10-8-21(9-11-22)28(38)33-23-12-13-27(24(20-23)29(39)36-14-4-1-5-15-36)35-16-18-37(19-17-35)30(40)34-26-7-3-2-6-25(26)32/h2-3,6-13,20H,1,4-5,14-19H2,(H,33,38)(H,34,40). The third-order valence-corrected chi connectivity index (χ3v) is 7.51. The second kappa shape index (κ2) is 12.4. The summed E-state index contributed by atoms with van der Waals surface area (Å²) in [4.78, 5) is 44.8. The van der Waals surface area contributed by atoms with Gasteiger partial charge in [0.25, 0.3) is 11.8 Å². The molecule has 4 amide bonds. The largest absolute Gasteiger partial charge is 0.367 e. The Morgan fingerprint density at radius 2 is 1.45 bits per heavy atom. The van der Waals surface area contributed by atoms with Gasteiger partial charge in [-0.3, -0.25) is 9.59 Å². The van der Waals surface area contributed by atoms with E-state index < -0.39 is 5.82 Å². The van der Waals surface area contributed by atoms with Crippen LogP contribution in [0.25, 0.3) is 0 Å². The summed E-state index contributed by atoms with van der Waals surface area (Å²) in [6, 6.07) is 17.7. The molecule has 0 bridgehead atoms. The Morgan fingerprint density at radius 3 is 2.15 bits per heavy atom. The van der Waals surface area contributed by atoms with Crippen LogP contribution in [-0.2, 0) is 0 Å². The van der Waals surface area contributed by atoms with Gasteiger partial charge in [-0.2, -0.15) is 0 Å². The average Bonchev–Trinajstić information content (AvgIpc) is 2.99. The summed E-state index contributed by atoms with van der Waals surface area (Å²) in [6.45, 7) is 3.22. The molecule has 3 aromatic rings. The van der Waals surface area contributed by atoms with E-state index in [4.69, 9.17) is 11.6 Å². The molecule has 10 heteroatoms. The Balaban J connectivity index is 1.32. The number of anilines is 3. The maximum Gasteiger partial charge on any atom is 0.322 e. The third kappa shape index (κ3) is 6.37. The molecule has 2 fully saturated rings. The quantitative estimate of drug-likeness (QED) is 0.416. The Bertz CT molecular complexity index is 1390. The Kier molecular flexibility index (Phi) is 8.50. The zero-order chi connectivity index (χ0) is 28.1. The first-order valence-electron chi connectivity index (χ1n) is 13.4. The van der Waals surface area contributed by atoms with Crippen LogP contribution < -0.4 is 15.5 Å². The van der Waals surface area contributed by atoms with Gasteiger partial charge in [0, 0.05) is 61.2 Å². The lowest BCUT2D eigenvalue weighted by atomic mass is 10.1. The molecule has 2 aliphatic rings. The topological polar surface area (TPSA) is 85.0 Å². The molecular weight excluding hydrogens is 533 g/mol. The molecule has 2 aliphatic heterocycles. The number of urea groups is 1. The fourth-order valence-corrected chi connectivity index (χ4v) is 5.17. The minimum absolute atomic E-state index is 0.0722. The minimum Gasteiger partial charge on any atom is -0.367 e. The Hall–Kier alpha value is -4.11. The second-order valence-electron chi connectivity index (χ2n) is 9.93. The van der Waals surface area contributed by atoms with Crippen molar-refractivity contribution in [3.05, 3.63) is 88.7 Å². The van der Waals surface area contributed by atoms with Gasteiger partial charge in [-0.1, -0.05) is 23.7 Å². The lowest BCUT2D eigenvalue weighted by molar-refractivity contribution is 0.0724. The molecule has 3 aromatic carbocycles. The lowest BCUT2D eigenvalue weighted by Gasteiger charge is -2.37. The van der Waals surface area contributed by atoms with E-state index in [0.717, 1.165) is 24.9 Å². The number of benzene rings is 3. The van der Waals surface area contributed by atoms with Crippen molar-refractivity contribution >= 4 is 46.5 Å². The van der Waals surface area contributed by atoms with Gasteiger partial charge >= 0.3 is 6.03 Å². The first kappa shape index (κ1) is 27.5. The predicted octanol–water partition coefficient (Wildman–Crippen LogP) is 5.71. The van der Waals surface area contributed by atoms with Crippen LogP contribution in [0.5, 0.6) is 0 Å². The van der Waals surface area contributed by atoms with Crippen LogP contribution in [0.3, 0.4) is 0 Å². The number of piperidine rings is 1. The summed E-state index contributed by atoms with van der Waals surface area (Å²) >= 11 is 5.95. The smallest absolute Gasteiger partial charge is 0.322 e. The average molecular weight is 564 g/mol. The SMILES string of the molecule is O=C(Nc1ccc(N2CCN(C(=O)Nc3ccccc3F)CC2)c(C(=O)N2CCCCC2)c1)c1ccc(Cl)cc1. The molecule has 5 rings (SSSR count). The van der Waals surface area contributed by atoms with E-state index in [0.29, 0.717) is 61.1 Å². The van der Waals surface area contributed by atoms with Gasteiger partial charge in [0.05, 0.1) is 11.3 Å². The highest BCUT2D eigenvalue weighted by molar-refractivity contribution is 6.30. The number of nitrogens with one attached hydrogen (secondary N) is 2. The number of amides is 4. The van der Waals surface area contributed by atoms with Crippen molar-refractivity contribution in [3.8, 4) is 0 Å². The summed E-state index contributed by atoms with van der Waals surface area (Å²) < 4.78 is 14.0. The third-order valence-electron chi connectivity index (χ3n) is 7.26. The number of rotatable bonds is 5. The van der Waals surface area contributed by atoms with Crippen LogP contribution in [0.2, 0.25) is 5.02 Å². The van der Waals surface area contributed by atoms with Crippen LogP contribution in [0, 0.1) is 5.82 Å². The lowest BCUT2D eigenvalue weighted by Crippen LogP contribution is -2.50. The first-order chi connectivity index (χ1) is 19.4. The Labute approximate surface area is 237 Å². The van der Waals surface area contributed by atoms with Crippen molar-refractivity contribution in [2.45, 2.75) is 19.3 Å². The number of halogens is 2. The van der Waals surface area contributed by atoms with Crippen molar-refractivity contribution in [1.82, 2.24) is 9.80 Å². The molecule has 0 unspecified atom stereocenters. The fourth-order valence-electron chi connectivity index (χ4n) is 5.04. The molecule has 208 valence electrons. The summed E-state index contributed by atoms with van der Waals surface area (Å²) in [7, 11) is 0. The molecule has 2 N–H and O–H groups in total. The van der Waals surface area contributed by atoms with Crippen LogP contribution >= 0.6 is 11.6 Å². The normalized spacial score (nSPS) is 15.5. The van der Waals surface area contributed by atoms with E-state index in [2.05, 4.69) is 15.5 Å². The highest BCUT2D eigenvalue weighted by Crippen LogP contribution is 2.29. The van der Waals surface area contributed by atoms with Crippen LogP contribution in [0.15, 0.2) is 66.7 Å². The summed E-state index contributed by atoms with van der Waals surface area (Å²) in [5, 5.41) is 6.07. The van der Waals surface area contributed by atoms with Gasteiger partial charge < -0.3 is 25.3 Å². The molecule has 0 atom stereocenters. The Morgan fingerprint density at radius 1 is 0.750 bits per heavy atom. The minimum atomic E-state index is -0.487. The monoisotopic (exact) mass is 563 g/mol. The number of nitrogens with zero attached hydrogens (tertiary/aromatic N) is 3. The number of carbonyl (C=O) groups is 3. The number of hydrogen-bond acceptors (Lipinski definition) is 4. The van der Waals surface area contributed by atoms with Gasteiger partial charge in [-0.25, -0.2) is 9.18 Å². The maximum atomic E-state index is 14.0. The van der Waals surface area contributed by atoms with Gasteiger partial charge in [0.2, 0.25) is 0 Å². The van der Waals surface area contributed by atoms with E-state index in [-0.39, 0.29) is 23.5 Å². The molecule has 0 radical (unpaired) electrons. The first-order valence-corrected chi connectivity index (χ1v) is 13.8. The predicted molar refractivity (Wildman–Crippen MR) is 155 cm³/mol. The molecule has 0 spiro atoms. The summed E-state index contributed by atoms with van der Waals surface area (Å²) in [6.07, 6.45) is 3.03. The van der Waals surface area contributed by atoms with Gasteiger partial charge in [-0.15, -0.1) is 0 Å². The van der Waals surface area contributed by atoms with E-state index in [1.165, 1.54) is 12.1 Å². The van der Waals surface area contributed by atoms with Crippen molar-refractivity contribution in [1.29, 1.82) is 0 Å². The summed E-state index contributed by atoms with van der Waals surface area (Å²) in [5.41, 5.74) is 2.39. The zero-order valence-corrected chi connectivity index (χ0v) is 22.8. The van der Waals surface area contributed by atoms with Crippen molar-refractivity contribution in [3.63, 3.8) is 0 Å². The molecule has 8 nitrogen and oxygen atoms in total. The van der Waals surface area contributed by atoms with Crippen LogP contribution in [0.1, 0.15) is 40.0 Å². The highest BCUT2D eigenvalue weighted by atomic mass is 35.5. The number of likely N-dealkylation sites (tertiary alicyclic amines) is 1. The second-order valence-corrected chi connectivity index (χ2v) is 10.4. The van der Waals surface area contributed by atoms with E-state index in [1.807, 2.05) is 11.0 Å². The van der Waals surface area contributed by atoms with Crippen LogP contribution in [0.4, 0.5) is 26.2 Å². The molecule has 0 aromatic heterocycles. The molecule has 2 heterocycles. The summed E-state index contributed by atoms with van der Waals surface area (Å²) in [5.74, 6) is -0.856. The van der Waals surface area contributed by atoms with Crippen molar-refractivity contribution < 1.29 is 18.8 Å². The molecule has 0 aliphatic carbocycles. The zero-order valence-electron chi connectivity index (χ0n) is 22.0. The van der Waals surface area contributed by atoms with Gasteiger partial charge in [0.1, 0.15) is 5.82 Å². The molecule has 0 saturated carbocycles.